The molecule has 1 aliphatic rings. The number of benzene rings is 2. The standard InChI is InChI=1S/C24H23N5O2S.ClH/c1-28-9-11-29(12-10-28)24(31)17-7-5-16(6-8-17)21-14-20-22(32-21)23(26-15-25-20)27-18-3-2-4-19(30)13-18;/h2-8,13-15,30H,9-12H2,1H3,(H,25,26,27);1H. The molecule has 0 bridgehead atoms. The summed E-state index contributed by atoms with van der Waals surface area (Å²) in [5.74, 6) is 0.974. The molecule has 2 aromatic carbocycles. The molecule has 2 N–H and O–H groups in total. The van der Waals surface area contributed by atoms with Crippen LogP contribution in [0.3, 0.4) is 0 Å². The number of phenolic OH excluding ortho intramolecular Hbond substituents is 1. The van der Waals surface area contributed by atoms with Gasteiger partial charge in [-0.25, -0.2) is 9.97 Å². The molecule has 1 aliphatic heterocycles. The predicted molar refractivity (Wildman–Crippen MR) is 135 cm³/mol. The summed E-state index contributed by atoms with van der Waals surface area (Å²) in [6, 6.07) is 16.7. The molecule has 1 fully saturated rings. The van der Waals surface area contributed by atoms with Crippen LogP contribution in [0.1, 0.15) is 10.4 Å². The number of amides is 1. The summed E-state index contributed by atoms with van der Waals surface area (Å²) >= 11 is 1.59. The number of rotatable bonds is 4. The number of hydrogen-bond acceptors (Lipinski definition) is 7. The zero-order valence-corrected chi connectivity index (χ0v) is 19.7. The summed E-state index contributed by atoms with van der Waals surface area (Å²) in [6.45, 7) is 3.35. The van der Waals surface area contributed by atoms with Crippen LogP contribution in [0.2, 0.25) is 0 Å². The third-order valence-electron chi connectivity index (χ3n) is 5.63. The van der Waals surface area contributed by atoms with E-state index in [1.165, 1.54) is 6.33 Å². The Kier molecular flexibility index (Phi) is 6.78. The van der Waals surface area contributed by atoms with Crippen molar-refractivity contribution in [1.82, 2.24) is 19.8 Å². The van der Waals surface area contributed by atoms with Crippen molar-refractivity contribution in [2.24, 2.45) is 0 Å². The molecule has 3 heterocycles. The Morgan fingerprint density at radius 2 is 1.79 bits per heavy atom. The summed E-state index contributed by atoms with van der Waals surface area (Å²) in [4.78, 5) is 26.8. The van der Waals surface area contributed by atoms with Gasteiger partial charge in [-0.1, -0.05) is 18.2 Å². The van der Waals surface area contributed by atoms with Crippen LogP contribution in [0, 0.1) is 0 Å². The van der Waals surface area contributed by atoms with E-state index in [2.05, 4.69) is 27.2 Å². The molecule has 1 saturated heterocycles. The van der Waals surface area contributed by atoms with Crippen molar-refractivity contribution in [2.45, 2.75) is 0 Å². The molecule has 5 rings (SSSR count). The number of halogens is 1. The zero-order chi connectivity index (χ0) is 22.1. The van der Waals surface area contributed by atoms with Crippen molar-refractivity contribution in [3.05, 3.63) is 66.5 Å². The van der Waals surface area contributed by atoms with Gasteiger partial charge < -0.3 is 20.2 Å². The highest BCUT2D eigenvalue weighted by atomic mass is 35.5. The number of piperazine rings is 1. The first-order chi connectivity index (χ1) is 15.6. The van der Waals surface area contributed by atoms with Crippen LogP contribution in [0.5, 0.6) is 5.75 Å². The van der Waals surface area contributed by atoms with Gasteiger partial charge in [0.05, 0.1) is 10.2 Å². The van der Waals surface area contributed by atoms with Crippen molar-refractivity contribution in [3.8, 4) is 16.2 Å². The average molecular weight is 482 g/mol. The first-order valence-corrected chi connectivity index (χ1v) is 11.3. The van der Waals surface area contributed by atoms with Crippen LogP contribution in [0.4, 0.5) is 11.5 Å². The third-order valence-corrected chi connectivity index (χ3v) is 6.81. The van der Waals surface area contributed by atoms with Crippen molar-refractivity contribution in [2.75, 3.05) is 38.5 Å². The maximum absolute atomic E-state index is 12.8. The number of nitrogens with zero attached hydrogens (tertiary/aromatic N) is 4. The number of nitrogens with one attached hydrogen (secondary N) is 1. The lowest BCUT2D eigenvalue weighted by atomic mass is 10.1. The number of likely N-dealkylation sites (N-methyl/N-ethyl adjacent to an activating group) is 1. The van der Waals surface area contributed by atoms with Gasteiger partial charge in [-0.2, -0.15) is 0 Å². The lowest BCUT2D eigenvalue weighted by Gasteiger charge is -2.32. The van der Waals surface area contributed by atoms with Crippen LogP contribution in [0.15, 0.2) is 60.9 Å². The minimum atomic E-state index is 0. The molecular formula is C24H24ClN5O2S. The molecule has 0 radical (unpaired) electrons. The lowest BCUT2D eigenvalue weighted by molar-refractivity contribution is 0.0664. The fourth-order valence-corrected chi connectivity index (χ4v) is 4.84. The SMILES string of the molecule is CN1CCN(C(=O)c2ccc(-c3cc4ncnc(Nc5cccc(O)c5)c4s3)cc2)CC1.Cl. The maximum Gasteiger partial charge on any atom is 0.253 e. The van der Waals surface area contributed by atoms with Crippen LogP contribution >= 0.6 is 23.7 Å². The van der Waals surface area contributed by atoms with Gasteiger partial charge in [-0.3, -0.25) is 4.79 Å². The number of carbonyl (C=O) groups is 1. The highest BCUT2D eigenvalue weighted by Gasteiger charge is 2.20. The molecule has 0 unspecified atom stereocenters. The molecule has 0 spiro atoms. The summed E-state index contributed by atoms with van der Waals surface area (Å²) in [5, 5.41) is 13.0. The number of carbonyl (C=O) groups excluding carboxylic acids is 1. The van der Waals surface area contributed by atoms with E-state index in [0.717, 1.165) is 52.5 Å². The minimum Gasteiger partial charge on any atom is -0.508 e. The molecule has 2 aromatic heterocycles. The van der Waals surface area contributed by atoms with Gasteiger partial charge in [-0.15, -0.1) is 23.7 Å². The first kappa shape index (κ1) is 23.0. The summed E-state index contributed by atoms with van der Waals surface area (Å²) in [7, 11) is 2.08. The molecule has 9 heteroatoms. The van der Waals surface area contributed by atoms with Crippen molar-refractivity contribution < 1.29 is 9.90 Å². The zero-order valence-electron chi connectivity index (χ0n) is 18.1. The molecule has 1 amide bonds. The number of phenols is 1. The largest absolute Gasteiger partial charge is 0.508 e. The second-order valence-corrected chi connectivity index (χ2v) is 8.95. The Bertz CT molecular complexity index is 1270. The van der Waals surface area contributed by atoms with E-state index < -0.39 is 0 Å². The van der Waals surface area contributed by atoms with Crippen molar-refractivity contribution >= 4 is 51.4 Å². The smallest absolute Gasteiger partial charge is 0.253 e. The Hall–Kier alpha value is -3.20. The van der Waals surface area contributed by atoms with E-state index >= 15 is 0 Å². The number of anilines is 2. The fraction of sp³-hybridized carbons (Fsp3) is 0.208. The molecule has 4 aromatic rings. The van der Waals surface area contributed by atoms with Crippen LogP contribution in [0.25, 0.3) is 20.7 Å². The van der Waals surface area contributed by atoms with E-state index in [0.29, 0.717) is 11.4 Å². The number of aromatic hydroxyl groups is 1. The van der Waals surface area contributed by atoms with Gasteiger partial charge in [0.2, 0.25) is 0 Å². The van der Waals surface area contributed by atoms with Gasteiger partial charge in [0.1, 0.15) is 12.1 Å². The topological polar surface area (TPSA) is 81.6 Å². The molecule has 33 heavy (non-hydrogen) atoms. The second-order valence-electron chi connectivity index (χ2n) is 7.90. The van der Waals surface area contributed by atoms with E-state index in [9.17, 15) is 9.90 Å². The van der Waals surface area contributed by atoms with E-state index in [-0.39, 0.29) is 24.1 Å². The Labute approximate surface area is 202 Å². The average Bonchev–Trinajstić information content (AvgIpc) is 3.25. The quantitative estimate of drug-likeness (QED) is 0.442. The first-order valence-electron chi connectivity index (χ1n) is 10.5. The van der Waals surface area contributed by atoms with E-state index in [4.69, 9.17) is 0 Å². The van der Waals surface area contributed by atoms with Crippen LogP contribution in [-0.2, 0) is 0 Å². The normalized spacial score (nSPS) is 14.2. The summed E-state index contributed by atoms with van der Waals surface area (Å²) < 4.78 is 0.934. The Balaban J connectivity index is 0.00000259. The number of thiophene rings is 1. The molecule has 0 atom stereocenters. The van der Waals surface area contributed by atoms with Gasteiger partial charge in [0.25, 0.3) is 5.91 Å². The van der Waals surface area contributed by atoms with E-state index in [1.807, 2.05) is 41.3 Å². The summed E-state index contributed by atoms with van der Waals surface area (Å²) in [6.07, 6.45) is 1.53. The highest BCUT2D eigenvalue weighted by Crippen LogP contribution is 2.36. The van der Waals surface area contributed by atoms with Gasteiger partial charge >= 0.3 is 0 Å². The fourth-order valence-electron chi connectivity index (χ4n) is 3.78. The monoisotopic (exact) mass is 481 g/mol. The van der Waals surface area contributed by atoms with Crippen molar-refractivity contribution in [1.29, 1.82) is 0 Å². The Morgan fingerprint density at radius 1 is 1.03 bits per heavy atom. The molecule has 170 valence electrons. The molecule has 0 aliphatic carbocycles. The number of aromatic nitrogens is 2. The molecule has 7 nitrogen and oxygen atoms in total. The van der Waals surface area contributed by atoms with Crippen molar-refractivity contribution in [3.63, 3.8) is 0 Å². The molecular weight excluding hydrogens is 458 g/mol. The second kappa shape index (κ2) is 9.74. The van der Waals surface area contributed by atoms with Crippen LogP contribution in [-0.4, -0.2) is 64.0 Å². The number of hydrogen-bond donors (Lipinski definition) is 2. The molecule has 0 saturated carbocycles. The maximum atomic E-state index is 12.8. The van der Waals surface area contributed by atoms with Gasteiger partial charge in [0.15, 0.2) is 5.82 Å². The van der Waals surface area contributed by atoms with Crippen LogP contribution < -0.4 is 5.32 Å². The van der Waals surface area contributed by atoms with Gasteiger partial charge in [0, 0.05) is 48.4 Å². The number of fused-ring (bicyclic) bond motifs is 1. The summed E-state index contributed by atoms with van der Waals surface area (Å²) in [5.41, 5.74) is 3.35. The Morgan fingerprint density at radius 3 is 2.52 bits per heavy atom. The predicted octanol–water partition coefficient (Wildman–Crippen LogP) is 4.62. The highest BCUT2D eigenvalue weighted by molar-refractivity contribution is 7.22. The minimum absolute atomic E-state index is 0. The van der Waals surface area contributed by atoms with E-state index in [1.54, 1.807) is 29.5 Å². The lowest BCUT2D eigenvalue weighted by Crippen LogP contribution is -2.47. The third kappa shape index (κ3) is 4.93. The van der Waals surface area contributed by atoms with Gasteiger partial charge in [-0.05, 0) is 42.9 Å².